The standard InChI is InChI=1S/C13H23NO7.C10H14N2O5S.C9H19NO5.C7H11BrO3.C6H5NO3S.C4H11NO3.ClH/c1-7-18-9(15)13(6,10(16)19-8-2)21-14-11(17)20-12(3,4)5;1-6-11-7(3-18-6)8(9(15)16)12-17-10(2,4-13)5-14;1-8(2,3)14-7(13)10-15-9(4,5-11)6-12;1-4-11-6(10)7(3,8)5(2)9;1-3-7-4(2-11-3)5(8)6(9)10;1-4(2-6,3-7)8-5;/h7-8H2,1-6H3,(H,14,17);3,13-14H,4-5H2,1-2H3,(H,15,16);11-12H,5-6H2,1-4H3,(H,10,13);4H2,1-3H3;2H,1H3,(H,9,10);6-7H,2-3,5H2,1H3;1H/b;12-8-;;;;;. The molecule has 2 rings (SSSR count). The number of esters is 3. The average molecular weight is 1350 g/mol. The summed E-state index contributed by atoms with van der Waals surface area (Å²) in [4.78, 5) is 127. The normalized spacial score (nSPS) is 12.0. The number of halogens is 2. The molecule has 0 aliphatic carbocycles. The van der Waals surface area contributed by atoms with E-state index in [1.807, 2.05) is 11.0 Å². The predicted octanol–water partition coefficient (Wildman–Crippen LogP) is 2.57. The monoisotopic (exact) mass is 1350 g/mol. The van der Waals surface area contributed by atoms with E-state index in [4.69, 9.17) is 80.2 Å². The van der Waals surface area contributed by atoms with E-state index in [9.17, 15) is 43.2 Å². The number of hydrogen-bond donors (Lipinski definition) is 11. The van der Waals surface area contributed by atoms with Gasteiger partial charge in [0.05, 0.1) is 69.5 Å². The number of nitrogens with zero attached hydrogens (tertiary/aromatic N) is 3. The van der Waals surface area contributed by atoms with Gasteiger partial charge in [0.2, 0.25) is 5.71 Å². The van der Waals surface area contributed by atoms with Gasteiger partial charge in [-0.3, -0.25) is 24.1 Å². The second-order valence-corrected chi connectivity index (χ2v) is 23.3. The number of amides is 2. The largest absolute Gasteiger partial charge is 0.476 e. The topological polar surface area (TPSA) is 487 Å². The van der Waals surface area contributed by atoms with Crippen LogP contribution >= 0.6 is 51.0 Å². The van der Waals surface area contributed by atoms with Gasteiger partial charge in [0.25, 0.3) is 11.4 Å². The van der Waals surface area contributed by atoms with Gasteiger partial charge < -0.3 is 69.4 Å². The Morgan fingerprint density at radius 2 is 0.929 bits per heavy atom. The number of rotatable bonds is 24. The number of aryl methyl sites for hydroxylation is 2. The maximum absolute atomic E-state index is 11.8. The van der Waals surface area contributed by atoms with Crippen molar-refractivity contribution in [3.8, 4) is 0 Å². The van der Waals surface area contributed by atoms with Crippen LogP contribution in [0.2, 0.25) is 0 Å². The maximum atomic E-state index is 11.8. The van der Waals surface area contributed by atoms with E-state index in [-0.39, 0.29) is 68.3 Å². The second-order valence-electron chi connectivity index (χ2n) is 19.6. The zero-order valence-corrected chi connectivity index (χ0v) is 54.5. The zero-order valence-electron chi connectivity index (χ0n) is 50.5. The highest BCUT2D eigenvalue weighted by Crippen LogP contribution is 2.21. The summed E-state index contributed by atoms with van der Waals surface area (Å²) in [7, 11) is 0. The first kappa shape index (κ1) is 88.1. The number of ketones is 2. The number of hydroxylamine groups is 2. The van der Waals surface area contributed by atoms with Crippen LogP contribution in [0.4, 0.5) is 9.59 Å². The molecule has 0 aromatic carbocycles. The molecule has 85 heavy (non-hydrogen) atoms. The number of thiazole rings is 2. The maximum Gasteiger partial charge on any atom is 0.431 e. The number of hydrogen-bond acceptors (Lipinski definition) is 30. The number of aliphatic carboxylic acids is 2. The van der Waals surface area contributed by atoms with Gasteiger partial charge in [-0.1, -0.05) is 21.1 Å². The van der Waals surface area contributed by atoms with E-state index >= 15 is 0 Å². The Balaban J connectivity index is -0.000000308. The van der Waals surface area contributed by atoms with Gasteiger partial charge in [-0.25, -0.2) is 49.5 Å². The Bertz CT molecular complexity index is 2370. The number of carbonyl (C=O) groups is 9. The van der Waals surface area contributed by atoms with Crippen LogP contribution in [0.25, 0.3) is 0 Å². The molecule has 2 heterocycles. The van der Waals surface area contributed by atoms with Crippen molar-refractivity contribution in [2.45, 2.75) is 156 Å². The number of oxime groups is 1. The number of aromatic nitrogens is 2. The lowest BCUT2D eigenvalue weighted by Gasteiger charge is -2.26. The molecule has 2 aromatic heterocycles. The summed E-state index contributed by atoms with van der Waals surface area (Å²) in [5, 5.41) is 77.6. The van der Waals surface area contributed by atoms with Gasteiger partial charge in [0.15, 0.2) is 15.7 Å². The summed E-state index contributed by atoms with van der Waals surface area (Å²) in [6.07, 6.45) is -1.71. The number of aliphatic hydroxyl groups excluding tert-OH is 6. The van der Waals surface area contributed by atoms with Crippen molar-refractivity contribution in [3.05, 3.63) is 32.2 Å². The van der Waals surface area contributed by atoms with Crippen molar-refractivity contribution in [2.24, 2.45) is 11.1 Å². The molecule has 0 bridgehead atoms. The van der Waals surface area contributed by atoms with E-state index in [2.05, 4.69) is 40.6 Å². The third kappa shape index (κ3) is 37.5. The fourth-order valence-corrected chi connectivity index (χ4v) is 5.07. The van der Waals surface area contributed by atoms with Crippen molar-refractivity contribution in [1.82, 2.24) is 20.9 Å². The Labute approximate surface area is 514 Å². The third-order valence-electron chi connectivity index (χ3n) is 8.93. The summed E-state index contributed by atoms with van der Waals surface area (Å²) in [5.41, 5.74) is -3.28. The van der Waals surface area contributed by atoms with Gasteiger partial charge in [-0.05, 0) is 118 Å². The first-order chi connectivity index (χ1) is 38.4. The SMILES string of the molecule is CC(C)(C)OC(=O)NOC(C)(CO)CO.CC(CO)(CO)ON.CCOC(=O)C(C)(Br)C(C)=O.CCOC(=O)C(C)(ONC(=O)OC(C)(C)C)C(=O)OCC.Cc1nc(/C(=N/OC(C)(CO)CO)C(=O)O)cs1.Cc1nc(C(=O)C(=O)O)cs1.Cl. The number of aliphatic hydroxyl groups is 6. The van der Waals surface area contributed by atoms with E-state index in [0.717, 1.165) is 6.92 Å². The van der Waals surface area contributed by atoms with E-state index in [0.29, 0.717) is 10.0 Å². The average Bonchev–Trinajstić information content (AvgIpc) is 4.09. The first-order valence-electron chi connectivity index (χ1n) is 24.6. The minimum absolute atomic E-state index is 0. The number of carboxylic acids is 2. The Morgan fingerprint density at radius 3 is 1.20 bits per heavy atom. The molecule has 12 N–H and O–H groups in total. The van der Waals surface area contributed by atoms with Crippen LogP contribution in [0.1, 0.15) is 130 Å². The van der Waals surface area contributed by atoms with E-state index in [1.165, 1.54) is 62.7 Å². The zero-order chi connectivity index (χ0) is 66.7. The van der Waals surface area contributed by atoms with Crippen LogP contribution < -0.4 is 16.9 Å². The van der Waals surface area contributed by atoms with Crippen LogP contribution in [-0.4, -0.2) is 208 Å². The molecule has 0 saturated carbocycles. The lowest BCUT2D eigenvalue weighted by molar-refractivity contribution is -0.196. The first-order valence-corrected chi connectivity index (χ1v) is 27.2. The van der Waals surface area contributed by atoms with Gasteiger partial charge >= 0.3 is 42.0 Å². The van der Waals surface area contributed by atoms with Gasteiger partial charge in [-0.15, -0.1) is 35.1 Å². The Hall–Kier alpha value is -5.67. The lowest BCUT2D eigenvalue weighted by atomic mass is 10.1. The summed E-state index contributed by atoms with van der Waals surface area (Å²) in [6.45, 7) is 24.7. The minimum atomic E-state index is -2.11. The second kappa shape index (κ2) is 42.2. The molecule has 0 aliphatic heterocycles. The molecule has 0 aliphatic rings. The molecule has 0 fully saturated rings. The molecule has 0 radical (unpaired) electrons. The molecular formula is C49H84BrClN6O26S2. The minimum Gasteiger partial charge on any atom is -0.476 e. The van der Waals surface area contributed by atoms with Crippen LogP contribution in [0.15, 0.2) is 15.9 Å². The van der Waals surface area contributed by atoms with Crippen molar-refractivity contribution < 1.29 is 127 Å². The van der Waals surface area contributed by atoms with E-state index in [1.54, 1.807) is 81.5 Å². The smallest absolute Gasteiger partial charge is 0.431 e. The molecule has 2 amide bonds. The number of nitrogens with one attached hydrogen (secondary N) is 2. The van der Waals surface area contributed by atoms with Gasteiger partial charge in [0, 0.05) is 10.8 Å². The van der Waals surface area contributed by atoms with Crippen molar-refractivity contribution in [2.75, 3.05) is 59.5 Å². The Morgan fingerprint density at radius 1 is 0.576 bits per heavy atom. The summed E-state index contributed by atoms with van der Waals surface area (Å²) >= 11 is 5.53. The third-order valence-corrected chi connectivity index (χ3v) is 11.4. The van der Waals surface area contributed by atoms with Crippen LogP contribution in [0.5, 0.6) is 0 Å². The van der Waals surface area contributed by atoms with Crippen LogP contribution in [0, 0.1) is 13.8 Å². The van der Waals surface area contributed by atoms with Crippen molar-refractivity contribution >= 4 is 110 Å². The number of alkyl halides is 1. The molecule has 32 nitrogen and oxygen atoms in total. The number of carboxylic acid groups (broad SMARTS) is 2. The fraction of sp³-hybridized carbons (Fsp3) is 0.673. The molecule has 1 unspecified atom stereocenters. The summed E-state index contributed by atoms with van der Waals surface area (Å²) in [6, 6.07) is 0. The quantitative estimate of drug-likeness (QED) is 0.0105. The molecule has 2 aromatic rings. The molecule has 1 atom stereocenters. The molecule has 36 heteroatoms. The highest BCUT2D eigenvalue weighted by molar-refractivity contribution is 9.10. The molecule has 492 valence electrons. The van der Waals surface area contributed by atoms with Crippen LogP contribution in [-0.2, 0) is 71.8 Å². The number of carbonyl (C=O) groups excluding carboxylic acids is 7. The Kier molecular flexibility index (Phi) is 43.8. The number of nitrogens with two attached hydrogens (primary N) is 1. The molecule has 0 spiro atoms. The lowest BCUT2D eigenvalue weighted by Crippen LogP contribution is -2.53. The van der Waals surface area contributed by atoms with E-state index < -0.39 is 112 Å². The summed E-state index contributed by atoms with van der Waals surface area (Å²) < 4.78 is 22.8. The van der Waals surface area contributed by atoms with Crippen molar-refractivity contribution in [1.29, 1.82) is 0 Å². The van der Waals surface area contributed by atoms with Gasteiger partial charge in [0.1, 0.15) is 33.8 Å². The molecule has 0 saturated heterocycles. The number of Topliss-reactive ketones (excluding diaryl/α,β-unsaturated/α-hetero) is 2. The number of ether oxygens (including phenoxy) is 5. The molecular weight excluding hydrogens is 1270 g/mol. The van der Waals surface area contributed by atoms with Crippen LogP contribution in [0.3, 0.4) is 0 Å². The fourth-order valence-electron chi connectivity index (χ4n) is 3.77. The highest BCUT2D eigenvalue weighted by Gasteiger charge is 2.48. The highest BCUT2D eigenvalue weighted by atomic mass is 79.9. The van der Waals surface area contributed by atoms with Gasteiger partial charge in [-0.2, -0.15) is 11.0 Å². The predicted molar refractivity (Wildman–Crippen MR) is 308 cm³/mol. The van der Waals surface area contributed by atoms with Crippen molar-refractivity contribution in [3.63, 3.8) is 0 Å². The summed E-state index contributed by atoms with van der Waals surface area (Å²) in [5.74, 6) is -1.73.